The number of benzene rings is 2. The molecule has 0 aliphatic carbocycles. The van der Waals surface area contributed by atoms with Crippen molar-refractivity contribution in [1.82, 2.24) is 9.62 Å². The quantitative estimate of drug-likeness (QED) is 0.553. The Kier molecular flexibility index (Phi) is 8.21. The average molecular weight is 485 g/mol. The summed E-state index contributed by atoms with van der Waals surface area (Å²) in [4.78, 5) is 14.6. The molecule has 0 bridgehead atoms. The van der Waals surface area contributed by atoms with Crippen LogP contribution >= 0.6 is 15.9 Å². The number of nitrogens with one attached hydrogen (secondary N) is 1. The molecule has 0 saturated carbocycles. The van der Waals surface area contributed by atoms with Gasteiger partial charge >= 0.3 is 0 Å². The normalized spacial score (nSPS) is 11.3. The van der Waals surface area contributed by atoms with E-state index in [1.54, 1.807) is 27.1 Å². The third kappa shape index (κ3) is 6.02. The molecule has 2 aromatic carbocycles. The second-order valence-corrected chi connectivity index (χ2v) is 9.17. The first-order chi connectivity index (χ1) is 13.7. The fourth-order valence-electron chi connectivity index (χ4n) is 2.76. The van der Waals surface area contributed by atoms with E-state index < -0.39 is 10.0 Å². The summed E-state index contributed by atoms with van der Waals surface area (Å²) in [5.74, 6) is 0.390. The number of aryl methyl sites for hydroxylation is 1. The van der Waals surface area contributed by atoms with Crippen molar-refractivity contribution in [1.29, 1.82) is 0 Å². The maximum Gasteiger partial charge on any atom is 0.254 e. The number of methoxy groups -OCH3 is 2. The van der Waals surface area contributed by atoms with Crippen molar-refractivity contribution >= 4 is 31.9 Å². The summed E-state index contributed by atoms with van der Waals surface area (Å²) in [6.45, 7) is 2.49. The van der Waals surface area contributed by atoms with Crippen LogP contribution in [-0.4, -0.2) is 53.6 Å². The van der Waals surface area contributed by atoms with Crippen LogP contribution in [0.2, 0.25) is 0 Å². The van der Waals surface area contributed by atoms with Gasteiger partial charge in [0, 0.05) is 42.8 Å². The third-order valence-electron chi connectivity index (χ3n) is 4.34. The second kappa shape index (κ2) is 10.2. The van der Waals surface area contributed by atoms with Crippen LogP contribution in [0, 0.1) is 6.92 Å². The largest absolute Gasteiger partial charge is 0.496 e. The zero-order valence-corrected chi connectivity index (χ0v) is 19.3. The summed E-state index contributed by atoms with van der Waals surface area (Å²) in [6, 6.07) is 10.1. The van der Waals surface area contributed by atoms with Crippen molar-refractivity contribution in [3.8, 4) is 5.75 Å². The summed E-state index contributed by atoms with van der Waals surface area (Å²) in [6.07, 6.45) is 0. The lowest BCUT2D eigenvalue weighted by atomic mass is 10.1. The van der Waals surface area contributed by atoms with E-state index in [2.05, 4.69) is 20.7 Å². The lowest BCUT2D eigenvalue weighted by Crippen LogP contribution is -2.29. The molecule has 0 unspecified atom stereocenters. The summed E-state index contributed by atoms with van der Waals surface area (Å²) in [5.41, 5.74) is 1.86. The molecule has 0 fully saturated rings. The first kappa shape index (κ1) is 23.3. The lowest BCUT2D eigenvalue weighted by Gasteiger charge is -2.20. The minimum absolute atomic E-state index is 0.0380. The third-order valence-corrected chi connectivity index (χ3v) is 6.30. The Hall–Kier alpha value is -1.94. The van der Waals surface area contributed by atoms with Crippen LogP contribution in [0.4, 0.5) is 0 Å². The maximum absolute atomic E-state index is 13.0. The Morgan fingerprint density at radius 3 is 2.55 bits per heavy atom. The molecule has 0 spiro atoms. The van der Waals surface area contributed by atoms with Gasteiger partial charge in [-0.15, -0.1) is 0 Å². The van der Waals surface area contributed by atoms with E-state index >= 15 is 0 Å². The molecule has 0 aliphatic heterocycles. The molecule has 0 aliphatic rings. The minimum Gasteiger partial charge on any atom is -0.496 e. The van der Waals surface area contributed by atoms with Crippen LogP contribution < -0.4 is 9.46 Å². The highest BCUT2D eigenvalue weighted by atomic mass is 79.9. The van der Waals surface area contributed by atoms with Crippen molar-refractivity contribution in [2.75, 3.05) is 34.4 Å². The number of hydrogen-bond acceptors (Lipinski definition) is 5. The van der Waals surface area contributed by atoms with Gasteiger partial charge in [-0.05, 0) is 42.8 Å². The SMILES string of the molecule is COCCNS(=O)(=O)c1ccc(C)c(C(=O)N(C)Cc2cc(Br)ccc2OC)c1. The van der Waals surface area contributed by atoms with Gasteiger partial charge in [0.15, 0.2) is 0 Å². The Bertz CT molecular complexity index is 979. The van der Waals surface area contributed by atoms with Crippen molar-refractivity contribution in [2.45, 2.75) is 18.4 Å². The van der Waals surface area contributed by atoms with Gasteiger partial charge < -0.3 is 14.4 Å². The van der Waals surface area contributed by atoms with E-state index in [9.17, 15) is 13.2 Å². The van der Waals surface area contributed by atoms with Gasteiger partial charge in [0.2, 0.25) is 10.0 Å². The molecule has 0 heterocycles. The van der Waals surface area contributed by atoms with E-state index in [4.69, 9.17) is 9.47 Å². The van der Waals surface area contributed by atoms with Gasteiger partial charge in [0.1, 0.15) is 5.75 Å². The van der Waals surface area contributed by atoms with Gasteiger partial charge in [-0.2, -0.15) is 0 Å². The molecular weight excluding hydrogens is 460 g/mol. The van der Waals surface area contributed by atoms with Crippen LogP contribution in [-0.2, 0) is 21.3 Å². The van der Waals surface area contributed by atoms with Gasteiger partial charge in [-0.1, -0.05) is 22.0 Å². The summed E-state index contributed by atoms with van der Waals surface area (Å²) in [7, 11) is 1.000. The minimum atomic E-state index is -3.73. The fraction of sp³-hybridized carbons (Fsp3) is 0.350. The first-order valence-corrected chi connectivity index (χ1v) is 11.1. The van der Waals surface area contributed by atoms with E-state index in [1.165, 1.54) is 24.1 Å². The lowest BCUT2D eigenvalue weighted by molar-refractivity contribution is 0.0783. The van der Waals surface area contributed by atoms with Crippen molar-refractivity contribution in [3.05, 3.63) is 57.6 Å². The molecular formula is C20H25BrN2O5S. The molecule has 1 N–H and O–H groups in total. The number of ether oxygens (including phenoxy) is 2. The number of nitrogens with zero attached hydrogens (tertiary/aromatic N) is 1. The standard InChI is InChI=1S/C20H25BrN2O5S/c1-14-5-7-17(29(25,26)22-9-10-27-3)12-18(14)20(24)23(2)13-15-11-16(21)6-8-19(15)28-4/h5-8,11-12,22H,9-10,13H2,1-4H3. The second-order valence-electron chi connectivity index (χ2n) is 6.48. The molecule has 158 valence electrons. The molecule has 29 heavy (non-hydrogen) atoms. The summed E-state index contributed by atoms with van der Waals surface area (Å²) < 4.78 is 38.5. The summed E-state index contributed by atoms with van der Waals surface area (Å²) >= 11 is 3.42. The molecule has 2 rings (SSSR count). The highest BCUT2D eigenvalue weighted by Gasteiger charge is 2.20. The van der Waals surface area contributed by atoms with Gasteiger partial charge in [-0.3, -0.25) is 4.79 Å². The number of hydrogen-bond donors (Lipinski definition) is 1. The zero-order valence-electron chi connectivity index (χ0n) is 16.9. The van der Waals surface area contributed by atoms with E-state index in [0.29, 0.717) is 23.4 Å². The molecule has 9 heteroatoms. The van der Waals surface area contributed by atoms with Crippen LogP contribution in [0.15, 0.2) is 45.8 Å². The number of sulfonamides is 1. The highest BCUT2D eigenvalue weighted by Crippen LogP contribution is 2.25. The molecule has 0 aromatic heterocycles. The average Bonchev–Trinajstić information content (AvgIpc) is 2.68. The van der Waals surface area contributed by atoms with Crippen LogP contribution in [0.3, 0.4) is 0 Å². The van der Waals surface area contributed by atoms with Crippen molar-refractivity contribution in [3.63, 3.8) is 0 Å². The highest BCUT2D eigenvalue weighted by molar-refractivity contribution is 9.10. The number of carbonyl (C=O) groups excluding carboxylic acids is 1. The van der Waals surface area contributed by atoms with Gasteiger partial charge in [0.05, 0.1) is 18.6 Å². The van der Waals surface area contributed by atoms with E-state index in [-0.39, 0.29) is 24.0 Å². The van der Waals surface area contributed by atoms with Crippen LogP contribution in [0.5, 0.6) is 5.75 Å². The van der Waals surface area contributed by atoms with E-state index in [1.807, 2.05) is 18.2 Å². The number of carbonyl (C=O) groups is 1. The Morgan fingerprint density at radius 1 is 1.17 bits per heavy atom. The molecule has 0 atom stereocenters. The van der Waals surface area contributed by atoms with Gasteiger partial charge in [0.25, 0.3) is 5.91 Å². The molecule has 2 aromatic rings. The first-order valence-electron chi connectivity index (χ1n) is 8.86. The monoisotopic (exact) mass is 484 g/mol. The predicted octanol–water partition coefficient (Wildman–Crippen LogP) is 2.96. The van der Waals surface area contributed by atoms with Crippen LogP contribution in [0.1, 0.15) is 21.5 Å². The maximum atomic E-state index is 13.0. The molecule has 1 amide bonds. The zero-order chi connectivity index (χ0) is 21.6. The van der Waals surface area contributed by atoms with Crippen LogP contribution in [0.25, 0.3) is 0 Å². The topological polar surface area (TPSA) is 84.9 Å². The predicted molar refractivity (Wildman–Crippen MR) is 115 cm³/mol. The van der Waals surface area contributed by atoms with Gasteiger partial charge in [-0.25, -0.2) is 13.1 Å². The summed E-state index contributed by atoms with van der Waals surface area (Å²) in [5, 5.41) is 0. The number of halogens is 1. The Labute approximate surface area is 180 Å². The Morgan fingerprint density at radius 2 is 1.90 bits per heavy atom. The molecule has 7 nitrogen and oxygen atoms in total. The molecule has 0 saturated heterocycles. The van der Waals surface area contributed by atoms with Crippen molar-refractivity contribution in [2.24, 2.45) is 0 Å². The number of amides is 1. The Balaban J connectivity index is 2.27. The van der Waals surface area contributed by atoms with E-state index in [0.717, 1.165) is 10.0 Å². The smallest absolute Gasteiger partial charge is 0.254 e. The number of rotatable bonds is 9. The molecule has 0 radical (unpaired) electrons. The fourth-order valence-corrected chi connectivity index (χ4v) is 4.21. The van der Waals surface area contributed by atoms with Crippen molar-refractivity contribution < 1.29 is 22.7 Å².